The molecule has 0 fully saturated rings. The highest BCUT2D eigenvalue weighted by Crippen LogP contribution is 2.34. The van der Waals surface area contributed by atoms with E-state index in [0.29, 0.717) is 16.3 Å². The van der Waals surface area contributed by atoms with E-state index in [1.54, 1.807) is 24.3 Å². The van der Waals surface area contributed by atoms with Gasteiger partial charge in [-0.25, -0.2) is 0 Å². The molecule has 3 rings (SSSR count). The lowest BCUT2D eigenvalue weighted by molar-refractivity contribution is -0.122. The van der Waals surface area contributed by atoms with E-state index in [-0.39, 0.29) is 17.4 Å². The van der Waals surface area contributed by atoms with E-state index in [9.17, 15) is 4.79 Å². The molecule has 1 atom stereocenters. The van der Waals surface area contributed by atoms with Gasteiger partial charge in [0.25, 0.3) is 0 Å². The Morgan fingerprint density at radius 3 is 2.40 bits per heavy atom. The minimum Gasteiger partial charge on any atom is -0.460 e. The van der Waals surface area contributed by atoms with Gasteiger partial charge in [0.05, 0.1) is 17.8 Å². The molecule has 0 aliphatic carbocycles. The van der Waals surface area contributed by atoms with Crippen LogP contribution in [0.1, 0.15) is 31.1 Å². The van der Waals surface area contributed by atoms with Gasteiger partial charge in [0.15, 0.2) is 6.10 Å². The molecule has 2 N–H and O–H groups in total. The smallest absolute Gasteiger partial charge is 0.249 e. The second kappa shape index (κ2) is 9.39. The molecule has 25 heavy (non-hydrogen) atoms. The van der Waals surface area contributed by atoms with Crippen molar-refractivity contribution in [3.63, 3.8) is 0 Å². The van der Waals surface area contributed by atoms with Gasteiger partial charge in [-0.05, 0) is 17.7 Å². The van der Waals surface area contributed by atoms with Gasteiger partial charge in [-0.1, -0.05) is 67.9 Å². The Kier molecular flexibility index (Phi) is 7.22. The summed E-state index contributed by atoms with van der Waals surface area (Å²) < 4.78 is 10.9. The molecule has 0 amide bonds. The van der Waals surface area contributed by atoms with Gasteiger partial charge in [0.2, 0.25) is 17.4 Å². The normalized spacial score (nSPS) is 16.1. The molecule has 2 aromatic carbocycles. The van der Waals surface area contributed by atoms with Crippen molar-refractivity contribution < 1.29 is 13.7 Å². The molecule has 0 radical (unpaired) electrons. The number of hydrogen-bond acceptors (Lipinski definition) is 5. The zero-order valence-electron chi connectivity index (χ0n) is 14.1. The van der Waals surface area contributed by atoms with Gasteiger partial charge in [0.1, 0.15) is 0 Å². The number of rotatable bonds is 5. The molecular weight excluding hydrogens is 358 g/mol. The van der Waals surface area contributed by atoms with Gasteiger partial charge in [0, 0.05) is 10.6 Å². The van der Waals surface area contributed by atoms with Crippen molar-refractivity contribution in [2.24, 2.45) is 5.73 Å². The minimum atomic E-state index is -0.778. The first-order valence-corrected chi connectivity index (χ1v) is 9.23. The van der Waals surface area contributed by atoms with Crippen LogP contribution < -0.4 is 5.73 Å². The van der Waals surface area contributed by atoms with Crippen LogP contribution in [0.3, 0.4) is 0 Å². The quantitative estimate of drug-likeness (QED) is 0.743. The number of benzene rings is 2. The Morgan fingerprint density at radius 1 is 1.12 bits per heavy atom. The van der Waals surface area contributed by atoms with Crippen LogP contribution in [0.5, 0.6) is 0 Å². The largest absolute Gasteiger partial charge is 0.460 e. The van der Waals surface area contributed by atoms with E-state index in [1.807, 2.05) is 44.2 Å². The van der Waals surface area contributed by atoms with Gasteiger partial charge >= 0.3 is 0 Å². The highest BCUT2D eigenvalue weighted by atomic mass is 35.5. The van der Waals surface area contributed by atoms with Gasteiger partial charge in [-0.15, -0.1) is 0 Å². The first-order valence-electron chi connectivity index (χ1n) is 7.94. The summed E-state index contributed by atoms with van der Waals surface area (Å²) in [7, 11) is 0. The number of carbonyl (C=O) groups is 1. The minimum absolute atomic E-state index is 0.00973. The zero-order valence-corrected chi connectivity index (χ0v) is 15.6. The maximum absolute atomic E-state index is 12.4. The number of nitrogens with two attached hydrogens (primary N) is 1. The molecule has 0 unspecified atom stereocenters. The van der Waals surface area contributed by atoms with E-state index in [4.69, 9.17) is 26.3 Å². The molecule has 0 bridgehead atoms. The van der Waals surface area contributed by atoms with Gasteiger partial charge < -0.3 is 14.7 Å². The van der Waals surface area contributed by atoms with Crippen LogP contribution in [0.4, 0.5) is 0 Å². The van der Waals surface area contributed by atoms with Crippen LogP contribution in [-0.4, -0.2) is 5.78 Å². The summed E-state index contributed by atoms with van der Waals surface area (Å²) in [5.74, 6) is 0.392. The Labute approximate surface area is 157 Å². The molecule has 2 aromatic rings. The fraction of sp³-hybridized carbons (Fsp3) is 0.211. The number of ketones is 1. The fourth-order valence-electron chi connectivity index (χ4n) is 2.14. The fourth-order valence-corrected chi connectivity index (χ4v) is 2.94. The first-order chi connectivity index (χ1) is 12.1. The van der Waals surface area contributed by atoms with E-state index < -0.39 is 6.10 Å². The lowest BCUT2D eigenvalue weighted by Crippen LogP contribution is -2.10. The third-order valence-electron chi connectivity index (χ3n) is 3.31. The molecular formula is C19H20ClNO3S. The highest BCUT2D eigenvalue weighted by molar-refractivity contribution is 7.94. The lowest BCUT2D eigenvalue weighted by atomic mass is 10.1. The van der Waals surface area contributed by atoms with Crippen molar-refractivity contribution in [1.29, 1.82) is 0 Å². The molecule has 4 nitrogen and oxygen atoms in total. The summed E-state index contributed by atoms with van der Waals surface area (Å²) in [6.07, 6.45) is -0.778. The third kappa shape index (κ3) is 4.94. The Hall–Kier alpha value is -2.11. The van der Waals surface area contributed by atoms with Crippen molar-refractivity contribution >= 4 is 29.4 Å². The summed E-state index contributed by atoms with van der Waals surface area (Å²) in [4.78, 5) is 12.4. The summed E-state index contributed by atoms with van der Waals surface area (Å²) in [6, 6.07) is 16.7. The van der Waals surface area contributed by atoms with E-state index >= 15 is 0 Å². The molecule has 0 spiro atoms. The molecule has 0 saturated carbocycles. The van der Waals surface area contributed by atoms with Gasteiger partial charge in [-0.3, -0.25) is 4.79 Å². The third-order valence-corrected chi connectivity index (χ3v) is 4.30. The highest BCUT2D eigenvalue weighted by Gasteiger charge is 2.37. The average Bonchev–Trinajstić information content (AvgIpc) is 2.93. The number of carbonyl (C=O) groups excluding carboxylic acids is 1. The summed E-state index contributed by atoms with van der Waals surface area (Å²) >= 11 is 7.00. The number of hydrogen-bond donors (Lipinski definition) is 1. The molecule has 1 aliphatic heterocycles. The second-order valence-corrected chi connectivity index (χ2v) is 6.07. The Balaban J connectivity index is 0.00000109. The Bertz CT molecular complexity index is 732. The molecule has 0 aromatic heterocycles. The van der Waals surface area contributed by atoms with Crippen LogP contribution >= 0.6 is 23.6 Å². The maximum Gasteiger partial charge on any atom is 0.249 e. The first kappa shape index (κ1) is 19.2. The number of halogens is 1. The van der Waals surface area contributed by atoms with Crippen LogP contribution in [0, 0.1) is 0 Å². The van der Waals surface area contributed by atoms with Crippen molar-refractivity contribution in [3.8, 4) is 0 Å². The lowest BCUT2D eigenvalue weighted by Gasteiger charge is -2.09. The number of ether oxygens (including phenoxy) is 1. The Morgan fingerprint density at radius 2 is 1.76 bits per heavy atom. The van der Waals surface area contributed by atoms with Crippen molar-refractivity contribution in [2.45, 2.75) is 25.7 Å². The summed E-state index contributed by atoms with van der Waals surface area (Å²) in [5.41, 5.74) is 7.56. The molecule has 1 aliphatic rings. The average molecular weight is 378 g/mol. The number of Topliss-reactive ketones (excluding diaryl/α,β-unsaturated/α-hetero) is 1. The summed E-state index contributed by atoms with van der Waals surface area (Å²) in [6.45, 7) is 4.00. The van der Waals surface area contributed by atoms with E-state index in [2.05, 4.69) is 0 Å². The van der Waals surface area contributed by atoms with Gasteiger partial charge in [-0.2, -0.15) is 0 Å². The molecule has 132 valence electrons. The van der Waals surface area contributed by atoms with Crippen LogP contribution in [0.25, 0.3) is 0 Å². The zero-order chi connectivity index (χ0) is 18.2. The van der Waals surface area contributed by atoms with E-state index in [0.717, 1.165) is 17.6 Å². The van der Waals surface area contributed by atoms with Crippen molar-refractivity contribution in [3.05, 3.63) is 82.4 Å². The standard InChI is InChI=1S/C17H14ClNO3S.C2H6/c18-13-8-6-12(7-9-13)15-14(20)16(17(19)21-15)22-23-10-11-4-2-1-3-5-11;1-2/h1-9,15H,10,19H2;1-2H3/t15-;/m0./s1. The predicted octanol–water partition coefficient (Wildman–Crippen LogP) is 5.00. The topological polar surface area (TPSA) is 61.5 Å². The van der Waals surface area contributed by atoms with E-state index in [1.165, 1.54) is 0 Å². The van der Waals surface area contributed by atoms with Crippen molar-refractivity contribution in [2.75, 3.05) is 0 Å². The van der Waals surface area contributed by atoms with Crippen molar-refractivity contribution in [1.82, 2.24) is 0 Å². The monoisotopic (exact) mass is 377 g/mol. The molecule has 1 heterocycles. The maximum atomic E-state index is 12.4. The second-order valence-electron chi connectivity index (χ2n) is 4.94. The molecule has 6 heteroatoms. The predicted molar refractivity (Wildman–Crippen MR) is 102 cm³/mol. The van der Waals surface area contributed by atoms with Crippen LogP contribution in [0.15, 0.2) is 66.2 Å². The van der Waals surface area contributed by atoms with Crippen LogP contribution in [0.2, 0.25) is 5.02 Å². The van der Waals surface area contributed by atoms with Crippen LogP contribution in [-0.2, 0) is 19.5 Å². The SMILES string of the molecule is CC.NC1=C(OSCc2ccccc2)C(=O)[C@H](c2ccc(Cl)cc2)O1. The molecule has 0 saturated heterocycles. The summed E-state index contributed by atoms with van der Waals surface area (Å²) in [5, 5.41) is 0.593.